The second kappa shape index (κ2) is 7.84. The van der Waals surface area contributed by atoms with Gasteiger partial charge in [-0.3, -0.25) is 4.79 Å². The summed E-state index contributed by atoms with van der Waals surface area (Å²) in [5, 5.41) is 4.72. The van der Waals surface area contributed by atoms with Gasteiger partial charge in [-0.1, -0.05) is 30.3 Å². The lowest BCUT2D eigenvalue weighted by molar-refractivity contribution is -0.130. The molecule has 4 rings (SSSR count). The minimum atomic E-state index is 0.198. The molecule has 1 aromatic carbocycles. The molecule has 3 heterocycles. The minimum Gasteiger partial charge on any atom is -0.342 e. The van der Waals surface area contributed by atoms with Gasteiger partial charge in [-0.25, -0.2) is 14.6 Å². The summed E-state index contributed by atoms with van der Waals surface area (Å²) in [5.74, 6) is 0.405. The zero-order valence-electron chi connectivity index (χ0n) is 15.3. The van der Waals surface area contributed by atoms with Crippen molar-refractivity contribution in [3.63, 3.8) is 0 Å². The third kappa shape index (κ3) is 3.68. The number of aryl methyl sites for hydroxylation is 1. The Bertz CT molecular complexity index is 923. The van der Waals surface area contributed by atoms with Crippen LogP contribution in [0.4, 0.5) is 0 Å². The van der Waals surface area contributed by atoms with Crippen molar-refractivity contribution in [1.29, 1.82) is 0 Å². The van der Waals surface area contributed by atoms with Gasteiger partial charge < -0.3 is 10.6 Å². The zero-order valence-corrected chi connectivity index (χ0v) is 15.3. The molecule has 2 aromatic heterocycles. The fraction of sp³-hybridized carbons (Fsp3) is 0.400. The number of nitrogens with zero attached hydrogens (tertiary/aromatic N) is 5. The van der Waals surface area contributed by atoms with Crippen LogP contribution in [0.1, 0.15) is 30.0 Å². The Labute approximate surface area is 158 Å². The van der Waals surface area contributed by atoms with Gasteiger partial charge in [-0.05, 0) is 18.4 Å². The molecule has 2 N–H and O–H groups in total. The number of carbonyl (C=O) groups is 1. The summed E-state index contributed by atoms with van der Waals surface area (Å²) in [6.45, 7) is 2.58. The van der Waals surface area contributed by atoms with Crippen molar-refractivity contribution in [2.24, 2.45) is 5.73 Å². The molecule has 7 nitrogen and oxygen atoms in total. The number of carbonyl (C=O) groups excluding carboxylic acids is 1. The highest BCUT2D eigenvalue weighted by Crippen LogP contribution is 2.30. The van der Waals surface area contributed by atoms with E-state index in [9.17, 15) is 4.79 Å². The zero-order chi connectivity index (χ0) is 18.6. The quantitative estimate of drug-likeness (QED) is 0.719. The molecule has 0 bridgehead atoms. The summed E-state index contributed by atoms with van der Waals surface area (Å²) in [6.07, 6.45) is 5.59. The van der Waals surface area contributed by atoms with E-state index in [-0.39, 0.29) is 11.8 Å². The summed E-state index contributed by atoms with van der Waals surface area (Å²) in [6, 6.07) is 10.1. The lowest BCUT2D eigenvalue weighted by Crippen LogP contribution is -2.28. The van der Waals surface area contributed by atoms with E-state index in [1.807, 2.05) is 27.8 Å². The number of aromatic nitrogens is 4. The molecule has 1 aliphatic heterocycles. The number of likely N-dealkylation sites (tertiary alicyclic amines) is 1. The lowest BCUT2D eigenvalue weighted by Gasteiger charge is -2.16. The molecule has 0 aliphatic carbocycles. The average molecular weight is 364 g/mol. The molecule has 0 unspecified atom stereocenters. The molecule has 1 aliphatic rings. The minimum absolute atomic E-state index is 0.198. The van der Waals surface area contributed by atoms with Crippen LogP contribution in [0.25, 0.3) is 11.2 Å². The van der Waals surface area contributed by atoms with Gasteiger partial charge in [0.15, 0.2) is 5.65 Å². The molecule has 1 fully saturated rings. The predicted molar refractivity (Wildman–Crippen MR) is 103 cm³/mol. The number of hydrogen-bond acceptors (Lipinski definition) is 5. The maximum atomic E-state index is 12.6. The van der Waals surface area contributed by atoms with Crippen LogP contribution in [0.15, 0.2) is 42.7 Å². The van der Waals surface area contributed by atoms with E-state index in [1.54, 1.807) is 12.4 Å². The summed E-state index contributed by atoms with van der Waals surface area (Å²) >= 11 is 0. The second-order valence-corrected chi connectivity index (χ2v) is 6.94. The van der Waals surface area contributed by atoms with Crippen LogP contribution in [0.2, 0.25) is 0 Å². The summed E-state index contributed by atoms with van der Waals surface area (Å²) in [5.41, 5.74) is 9.43. The van der Waals surface area contributed by atoms with Crippen LogP contribution in [0, 0.1) is 0 Å². The Hall–Kier alpha value is -2.80. The molecule has 140 valence electrons. The summed E-state index contributed by atoms with van der Waals surface area (Å²) < 4.78 is 1.83. The molecule has 1 amide bonds. The Kier molecular flexibility index (Phi) is 5.11. The van der Waals surface area contributed by atoms with Gasteiger partial charge in [-0.2, -0.15) is 5.10 Å². The number of hydrogen-bond donors (Lipinski definition) is 1. The van der Waals surface area contributed by atoms with E-state index in [2.05, 4.69) is 22.1 Å². The van der Waals surface area contributed by atoms with Crippen LogP contribution in [0.5, 0.6) is 0 Å². The topological polar surface area (TPSA) is 89.9 Å². The Morgan fingerprint density at radius 1 is 1.19 bits per heavy atom. The Balaban J connectivity index is 1.45. The average Bonchev–Trinajstić information content (AvgIpc) is 3.33. The molecular formula is C20H24N6O. The van der Waals surface area contributed by atoms with Crippen molar-refractivity contribution in [3.05, 3.63) is 54.0 Å². The van der Waals surface area contributed by atoms with Crippen LogP contribution in [-0.4, -0.2) is 50.2 Å². The van der Waals surface area contributed by atoms with E-state index in [0.717, 1.165) is 36.2 Å². The molecule has 1 saturated heterocycles. The number of rotatable bonds is 6. The first kappa shape index (κ1) is 17.6. The normalized spacial score (nSPS) is 16.9. The van der Waals surface area contributed by atoms with E-state index >= 15 is 0 Å². The largest absolute Gasteiger partial charge is 0.342 e. The van der Waals surface area contributed by atoms with Crippen LogP contribution in [0.3, 0.4) is 0 Å². The maximum absolute atomic E-state index is 12.6. The SMILES string of the molecule is NCCn1nc([C@H]2CCN(C(=O)CCc3ccccc3)C2)c2nccnc21. The van der Waals surface area contributed by atoms with Crippen molar-refractivity contribution < 1.29 is 4.79 Å². The van der Waals surface area contributed by atoms with Gasteiger partial charge in [-0.15, -0.1) is 0 Å². The van der Waals surface area contributed by atoms with Crippen molar-refractivity contribution in [3.8, 4) is 0 Å². The molecular weight excluding hydrogens is 340 g/mol. The fourth-order valence-electron chi connectivity index (χ4n) is 3.74. The Morgan fingerprint density at radius 2 is 2.00 bits per heavy atom. The summed E-state index contributed by atoms with van der Waals surface area (Å²) in [7, 11) is 0. The molecule has 27 heavy (non-hydrogen) atoms. The third-order valence-corrected chi connectivity index (χ3v) is 5.13. The van der Waals surface area contributed by atoms with Gasteiger partial charge >= 0.3 is 0 Å². The van der Waals surface area contributed by atoms with Crippen molar-refractivity contribution in [2.75, 3.05) is 19.6 Å². The predicted octanol–water partition coefficient (Wildman–Crippen LogP) is 1.73. The van der Waals surface area contributed by atoms with Crippen LogP contribution >= 0.6 is 0 Å². The van der Waals surface area contributed by atoms with Crippen LogP contribution in [-0.2, 0) is 17.8 Å². The highest BCUT2D eigenvalue weighted by molar-refractivity contribution is 5.78. The van der Waals surface area contributed by atoms with Gasteiger partial charge in [0.2, 0.25) is 5.91 Å². The maximum Gasteiger partial charge on any atom is 0.222 e. The van der Waals surface area contributed by atoms with Gasteiger partial charge in [0.25, 0.3) is 0 Å². The number of fused-ring (bicyclic) bond motifs is 1. The first-order valence-corrected chi connectivity index (χ1v) is 9.45. The number of nitrogens with two attached hydrogens (primary N) is 1. The molecule has 3 aromatic rings. The van der Waals surface area contributed by atoms with Gasteiger partial charge in [0, 0.05) is 44.4 Å². The number of amides is 1. The van der Waals surface area contributed by atoms with Crippen LogP contribution < -0.4 is 5.73 Å². The molecule has 0 saturated carbocycles. The smallest absolute Gasteiger partial charge is 0.222 e. The number of benzene rings is 1. The Morgan fingerprint density at radius 3 is 2.81 bits per heavy atom. The monoisotopic (exact) mass is 364 g/mol. The van der Waals surface area contributed by atoms with Gasteiger partial charge in [0.1, 0.15) is 5.52 Å². The molecule has 7 heteroatoms. The molecule has 1 atom stereocenters. The van der Waals surface area contributed by atoms with E-state index in [4.69, 9.17) is 10.8 Å². The second-order valence-electron chi connectivity index (χ2n) is 6.94. The first-order chi connectivity index (χ1) is 13.3. The van der Waals surface area contributed by atoms with Gasteiger partial charge in [0.05, 0.1) is 12.2 Å². The van der Waals surface area contributed by atoms with E-state index in [1.165, 1.54) is 5.56 Å². The standard InChI is InChI=1S/C20H24N6O/c21-9-13-26-20-19(22-10-11-23-20)18(24-26)16-8-12-25(14-16)17(27)7-6-15-4-2-1-3-5-15/h1-5,10-11,16H,6-9,12-14,21H2/t16-/m0/s1. The van der Waals surface area contributed by atoms with Crippen molar-refractivity contribution in [1.82, 2.24) is 24.6 Å². The first-order valence-electron chi connectivity index (χ1n) is 9.45. The lowest BCUT2D eigenvalue weighted by atomic mass is 10.0. The highest BCUT2D eigenvalue weighted by atomic mass is 16.2. The summed E-state index contributed by atoms with van der Waals surface area (Å²) in [4.78, 5) is 23.5. The fourth-order valence-corrected chi connectivity index (χ4v) is 3.74. The molecule has 0 radical (unpaired) electrons. The van der Waals surface area contributed by atoms with Crippen molar-refractivity contribution >= 4 is 17.1 Å². The highest BCUT2D eigenvalue weighted by Gasteiger charge is 2.31. The van der Waals surface area contributed by atoms with Crippen molar-refractivity contribution in [2.45, 2.75) is 31.7 Å². The third-order valence-electron chi connectivity index (χ3n) is 5.13. The van der Waals surface area contributed by atoms with E-state index < -0.39 is 0 Å². The molecule has 0 spiro atoms. The van der Waals surface area contributed by atoms with E-state index in [0.29, 0.717) is 26.1 Å².